The fourth-order valence-electron chi connectivity index (χ4n) is 4.07. The molecule has 7 nitrogen and oxygen atoms in total. The minimum atomic E-state index is -3.18. The molecule has 0 radical (unpaired) electrons. The zero-order valence-corrected chi connectivity index (χ0v) is 18.5. The topological polar surface area (TPSA) is 104 Å². The lowest BCUT2D eigenvalue weighted by atomic mass is 9.99. The number of urea groups is 1. The Hall–Kier alpha value is -1.81. The highest BCUT2D eigenvalue weighted by Crippen LogP contribution is 2.38. The zero-order valence-electron chi connectivity index (χ0n) is 16.9. The molecule has 0 saturated carbocycles. The first-order valence-corrected chi connectivity index (χ1v) is 12.2. The number of hydrogen-bond acceptors (Lipinski definition) is 5. The van der Waals surface area contributed by atoms with E-state index in [1.807, 2.05) is 0 Å². The Balaban J connectivity index is 1.68. The number of benzene rings is 1. The molecule has 1 atom stereocenters. The fourth-order valence-corrected chi connectivity index (χ4v) is 6.63. The molecule has 2 aromatic rings. The zero-order chi connectivity index (χ0) is 20.8. The van der Waals surface area contributed by atoms with Crippen LogP contribution in [0.1, 0.15) is 54.0 Å². The number of hydrogen-bond donors (Lipinski definition) is 3. The van der Waals surface area contributed by atoms with Gasteiger partial charge in [-0.2, -0.15) is 0 Å². The van der Waals surface area contributed by atoms with Crippen molar-refractivity contribution in [1.29, 1.82) is 0 Å². The predicted molar refractivity (Wildman–Crippen MR) is 115 cm³/mol. The van der Waals surface area contributed by atoms with E-state index in [2.05, 4.69) is 25.5 Å². The van der Waals surface area contributed by atoms with Crippen LogP contribution in [0.5, 0.6) is 0 Å². The van der Waals surface area contributed by atoms with E-state index in [1.165, 1.54) is 35.5 Å². The van der Waals surface area contributed by atoms with Crippen LogP contribution in [0.25, 0.3) is 0 Å². The van der Waals surface area contributed by atoms with Gasteiger partial charge >= 0.3 is 6.03 Å². The van der Waals surface area contributed by atoms with Crippen molar-refractivity contribution in [2.75, 3.05) is 12.4 Å². The van der Waals surface area contributed by atoms with Gasteiger partial charge in [0.2, 0.25) is 0 Å². The van der Waals surface area contributed by atoms with E-state index in [-0.39, 0.29) is 0 Å². The summed E-state index contributed by atoms with van der Waals surface area (Å²) in [5.41, 5.74) is 4.75. The second-order valence-electron chi connectivity index (χ2n) is 8.03. The monoisotopic (exact) mass is 434 g/mol. The minimum absolute atomic E-state index is 0.316. The SMILES string of the molecule is CN[S@@](=O)(=NC(=O)Nc1c2c(cc3c1CCC3)CCC2)c1cnc(C(C)(C)O)s1. The first kappa shape index (κ1) is 20.5. The van der Waals surface area contributed by atoms with Gasteiger partial charge in [0, 0.05) is 5.69 Å². The van der Waals surface area contributed by atoms with E-state index in [4.69, 9.17) is 0 Å². The summed E-state index contributed by atoms with van der Waals surface area (Å²) in [7, 11) is -1.68. The molecule has 0 aliphatic heterocycles. The van der Waals surface area contributed by atoms with Crippen LogP contribution in [0, 0.1) is 0 Å². The molecule has 156 valence electrons. The third-order valence-electron chi connectivity index (χ3n) is 5.47. The molecule has 0 fully saturated rings. The van der Waals surface area contributed by atoms with E-state index in [1.54, 1.807) is 13.8 Å². The minimum Gasteiger partial charge on any atom is -0.383 e. The van der Waals surface area contributed by atoms with Crippen LogP contribution in [-0.2, 0) is 41.2 Å². The number of nitrogens with one attached hydrogen (secondary N) is 2. The van der Waals surface area contributed by atoms with Gasteiger partial charge in [-0.15, -0.1) is 15.7 Å². The molecule has 1 aromatic carbocycles. The first-order chi connectivity index (χ1) is 13.7. The molecular formula is C20H26N4O3S2. The predicted octanol–water partition coefficient (Wildman–Crippen LogP) is 3.54. The molecular weight excluding hydrogens is 408 g/mol. The molecule has 2 aliphatic rings. The van der Waals surface area contributed by atoms with Crippen LogP contribution >= 0.6 is 11.3 Å². The highest BCUT2D eigenvalue weighted by atomic mass is 32.2. The Morgan fingerprint density at radius 3 is 2.34 bits per heavy atom. The van der Waals surface area contributed by atoms with Gasteiger partial charge in [0.15, 0.2) is 9.92 Å². The Labute approximate surface area is 175 Å². The van der Waals surface area contributed by atoms with Gasteiger partial charge in [-0.3, -0.25) is 0 Å². The maximum Gasteiger partial charge on any atom is 0.354 e. The maximum absolute atomic E-state index is 13.3. The molecule has 9 heteroatoms. The molecule has 2 amide bonds. The Morgan fingerprint density at radius 2 is 1.83 bits per heavy atom. The van der Waals surface area contributed by atoms with Crippen molar-refractivity contribution >= 4 is 33.0 Å². The number of aliphatic hydroxyl groups is 1. The number of aromatic nitrogens is 1. The van der Waals surface area contributed by atoms with Gasteiger partial charge in [-0.25, -0.2) is 18.7 Å². The third kappa shape index (κ3) is 3.84. The second-order valence-corrected chi connectivity index (χ2v) is 11.4. The quantitative estimate of drug-likeness (QED) is 0.685. The molecule has 29 heavy (non-hydrogen) atoms. The van der Waals surface area contributed by atoms with Crippen LogP contribution in [0.3, 0.4) is 0 Å². The maximum atomic E-state index is 13.3. The van der Waals surface area contributed by atoms with Crippen LogP contribution in [-0.4, -0.2) is 27.4 Å². The number of anilines is 1. The van der Waals surface area contributed by atoms with Crippen LogP contribution < -0.4 is 10.0 Å². The standard InChI is InChI=1S/C20H26N4O3S2/c1-20(2,26)18-22-11-16(28-18)29(27,21-3)24-19(25)23-17-14-8-4-6-12(14)10-13-7-5-9-15(13)17/h10-11,26H,4-9H2,1-3H3,(H2,21,23,24,25,27)/t29-/m1/s1. The molecule has 3 N–H and O–H groups in total. The summed E-state index contributed by atoms with van der Waals surface area (Å²) in [6.45, 7) is 3.22. The van der Waals surface area contributed by atoms with Crippen LogP contribution in [0.4, 0.5) is 10.5 Å². The lowest BCUT2D eigenvalue weighted by molar-refractivity contribution is 0.0783. The molecule has 1 heterocycles. The van der Waals surface area contributed by atoms with Gasteiger partial charge in [0.1, 0.15) is 14.8 Å². The highest BCUT2D eigenvalue weighted by Gasteiger charge is 2.27. The number of amides is 2. The number of carbonyl (C=O) groups is 1. The summed E-state index contributed by atoms with van der Waals surface area (Å²) in [4.78, 5) is 16.9. The van der Waals surface area contributed by atoms with Crippen molar-refractivity contribution in [2.45, 2.75) is 62.2 Å². The average Bonchev–Trinajstić information content (AvgIpc) is 3.40. The number of carbonyl (C=O) groups excluding carboxylic acids is 1. The van der Waals surface area contributed by atoms with Gasteiger partial charge in [0.25, 0.3) is 0 Å². The van der Waals surface area contributed by atoms with E-state index < -0.39 is 21.5 Å². The largest absolute Gasteiger partial charge is 0.383 e. The molecule has 4 rings (SSSR count). The van der Waals surface area contributed by atoms with Crippen molar-refractivity contribution in [2.24, 2.45) is 4.36 Å². The Kier molecular flexibility index (Phi) is 5.27. The fraction of sp³-hybridized carbons (Fsp3) is 0.500. The smallest absolute Gasteiger partial charge is 0.354 e. The van der Waals surface area contributed by atoms with Crippen molar-refractivity contribution < 1.29 is 14.1 Å². The summed E-state index contributed by atoms with van der Waals surface area (Å²) in [6.07, 6.45) is 7.56. The lowest BCUT2D eigenvalue weighted by Crippen LogP contribution is -2.21. The number of rotatable bonds is 4. The molecule has 0 spiro atoms. The normalized spacial score (nSPS) is 17.5. The lowest BCUT2D eigenvalue weighted by Gasteiger charge is -2.15. The molecule has 0 bridgehead atoms. The van der Waals surface area contributed by atoms with Gasteiger partial charge < -0.3 is 10.4 Å². The van der Waals surface area contributed by atoms with E-state index in [0.29, 0.717) is 9.22 Å². The summed E-state index contributed by atoms with van der Waals surface area (Å²) >= 11 is 1.09. The molecule has 0 unspecified atom stereocenters. The number of nitrogens with zero attached hydrogens (tertiary/aromatic N) is 2. The van der Waals surface area contributed by atoms with Crippen molar-refractivity contribution in [3.63, 3.8) is 0 Å². The second kappa shape index (κ2) is 7.46. The van der Waals surface area contributed by atoms with E-state index in [9.17, 15) is 14.1 Å². The molecule has 0 saturated heterocycles. The summed E-state index contributed by atoms with van der Waals surface area (Å²) in [5.74, 6) is 0. The average molecular weight is 435 g/mol. The van der Waals surface area contributed by atoms with Crippen LogP contribution in [0.15, 0.2) is 20.8 Å². The number of thiazole rings is 1. The van der Waals surface area contributed by atoms with E-state index >= 15 is 0 Å². The highest BCUT2D eigenvalue weighted by molar-refractivity contribution is 7.94. The summed E-state index contributed by atoms with van der Waals surface area (Å²) in [5, 5.41) is 13.5. The van der Waals surface area contributed by atoms with Crippen molar-refractivity contribution in [3.8, 4) is 0 Å². The Bertz CT molecular complexity index is 1060. The number of aryl methyl sites for hydroxylation is 2. The van der Waals surface area contributed by atoms with Crippen LogP contribution in [0.2, 0.25) is 0 Å². The van der Waals surface area contributed by atoms with E-state index in [0.717, 1.165) is 55.5 Å². The molecule has 2 aliphatic carbocycles. The summed E-state index contributed by atoms with van der Waals surface area (Å²) in [6, 6.07) is 1.67. The first-order valence-electron chi connectivity index (χ1n) is 9.83. The van der Waals surface area contributed by atoms with Gasteiger partial charge in [0.05, 0.1) is 6.20 Å². The van der Waals surface area contributed by atoms with Crippen molar-refractivity contribution in [1.82, 2.24) is 9.71 Å². The third-order valence-corrected chi connectivity index (χ3v) is 9.13. The van der Waals surface area contributed by atoms with Gasteiger partial charge in [-0.1, -0.05) is 6.07 Å². The van der Waals surface area contributed by atoms with Crippen molar-refractivity contribution in [3.05, 3.63) is 39.5 Å². The summed E-state index contributed by atoms with van der Waals surface area (Å²) < 4.78 is 20.3. The Morgan fingerprint density at radius 1 is 1.21 bits per heavy atom. The molecule has 1 aromatic heterocycles. The number of fused-ring (bicyclic) bond motifs is 2. The van der Waals surface area contributed by atoms with Gasteiger partial charge in [-0.05, 0) is 81.7 Å².